The molecule has 0 saturated carbocycles. The molecule has 2 aromatic rings. The molecule has 30 heavy (non-hydrogen) atoms. The Balaban J connectivity index is 1.74. The molecule has 3 heterocycles. The van der Waals surface area contributed by atoms with Gasteiger partial charge in [0.05, 0.1) is 41.4 Å². The third-order valence-corrected chi connectivity index (χ3v) is 6.22. The van der Waals surface area contributed by atoms with Gasteiger partial charge in [-0.1, -0.05) is 6.92 Å². The zero-order valence-electron chi connectivity index (χ0n) is 18.3. The van der Waals surface area contributed by atoms with Crippen LogP contribution in [0.15, 0.2) is 17.8 Å². The molecule has 164 valence electrons. The fourth-order valence-corrected chi connectivity index (χ4v) is 4.42. The van der Waals surface area contributed by atoms with Crippen molar-refractivity contribution in [1.29, 1.82) is 0 Å². The molecule has 0 spiro atoms. The van der Waals surface area contributed by atoms with Crippen molar-refractivity contribution in [3.8, 4) is 10.6 Å². The van der Waals surface area contributed by atoms with Crippen LogP contribution in [-0.4, -0.2) is 45.5 Å². The number of aliphatic hydroxyl groups is 1. The maximum absolute atomic E-state index is 12.4. The maximum atomic E-state index is 12.4. The van der Waals surface area contributed by atoms with Crippen molar-refractivity contribution in [3.63, 3.8) is 0 Å². The average molecular weight is 433 g/mol. The number of aliphatic hydroxyl groups excluding tert-OH is 1. The molecule has 3 rings (SSSR count). The maximum Gasteiger partial charge on any atom is 0.226 e. The van der Waals surface area contributed by atoms with Gasteiger partial charge in [-0.15, -0.1) is 11.3 Å². The number of ether oxygens (including phenoxy) is 1. The van der Waals surface area contributed by atoms with Gasteiger partial charge in [0.1, 0.15) is 5.01 Å². The number of hydrogen-bond acceptors (Lipinski definition) is 6. The van der Waals surface area contributed by atoms with Gasteiger partial charge in [-0.2, -0.15) is 5.10 Å². The van der Waals surface area contributed by atoms with E-state index in [1.807, 2.05) is 17.0 Å². The van der Waals surface area contributed by atoms with Crippen molar-refractivity contribution in [2.75, 3.05) is 19.8 Å². The molecule has 1 aliphatic rings. The van der Waals surface area contributed by atoms with Crippen molar-refractivity contribution in [2.24, 2.45) is 5.92 Å². The molecule has 1 amide bonds. The van der Waals surface area contributed by atoms with E-state index >= 15 is 0 Å². The molecule has 7 nitrogen and oxygen atoms in total. The Morgan fingerprint density at radius 1 is 1.40 bits per heavy atom. The van der Waals surface area contributed by atoms with Crippen LogP contribution in [0.3, 0.4) is 0 Å². The molecule has 0 bridgehead atoms. The highest BCUT2D eigenvalue weighted by Gasteiger charge is 2.25. The number of nitrogens with one attached hydrogen (secondary N) is 1. The quantitative estimate of drug-likeness (QED) is 0.642. The van der Waals surface area contributed by atoms with E-state index in [4.69, 9.17) is 9.72 Å². The zero-order chi connectivity index (χ0) is 21.7. The fourth-order valence-electron chi connectivity index (χ4n) is 3.59. The summed E-state index contributed by atoms with van der Waals surface area (Å²) < 4.78 is 7.29. The Labute approximate surface area is 182 Å². The molecule has 0 aromatic carbocycles. The third kappa shape index (κ3) is 5.29. The summed E-state index contributed by atoms with van der Waals surface area (Å²) in [4.78, 5) is 17.1. The van der Waals surface area contributed by atoms with Crippen molar-refractivity contribution in [1.82, 2.24) is 20.1 Å². The topological polar surface area (TPSA) is 89.3 Å². The lowest BCUT2D eigenvalue weighted by Crippen LogP contribution is -2.33. The minimum absolute atomic E-state index is 0.00606. The van der Waals surface area contributed by atoms with E-state index in [0.717, 1.165) is 59.8 Å². The number of carbonyl (C=O) groups excluding carboxylic acids is 1. The average Bonchev–Trinajstić information content (AvgIpc) is 3.35. The summed E-state index contributed by atoms with van der Waals surface area (Å²) >= 11 is 1.50. The molecule has 1 aliphatic heterocycles. The molecule has 1 saturated heterocycles. The van der Waals surface area contributed by atoms with Gasteiger partial charge in [0.15, 0.2) is 0 Å². The highest BCUT2D eigenvalue weighted by Crippen LogP contribution is 2.35. The first-order chi connectivity index (χ1) is 14.3. The van der Waals surface area contributed by atoms with Gasteiger partial charge >= 0.3 is 0 Å². The predicted molar refractivity (Wildman–Crippen MR) is 119 cm³/mol. The third-order valence-electron chi connectivity index (χ3n) is 5.30. The Morgan fingerprint density at radius 3 is 2.77 bits per heavy atom. The molecule has 2 N–H and O–H groups in total. The molecule has 8 heteroatoms. The summed E-state index contributed by atoms with van der Waals surface area (Å²) in [6.07, 6.45) is 5.89. The lowest BCUT2D eigenvalue weighted by Gasteiger charge is -2.23. The van der Waals surface area contributed by atoms with Gasteiger partial charge < -0.3 is 15.2 Å². The number of rotatable bonds is 7. The summed E-state index contributed by atoms with van der Waals surface area (Å²) in [6, 6.07) is 0. The van der Waals surface area contributed by atoms with E-state index in [1.54, 1.807) is 6.20 Å². The summed E-state index contributed by atoms with van der Waals surface area (Å²) in [5.74, 6) is 0.491. The number of aromatic nitrogens is 3. The largest absolute Gasteiger partial charge is 0.515 e. The molecule has 0 atom stereocenters. The first kappa shape index (κ1) is 22.5. The SMILES string of the molecule is CC/C(=C\O)c1c(-c2nc(CC(=O)NCC3CCOCC3)cs2)cnn1C(C)(C)C. The molecule has 0 unspecified atom stereocenters. The van der Waals surface area contributed by atoms with E-state index in [0.29, 0.717) is 18.9 Å². The second-order valence-electron chi connectivity index (χ2n) is 8.68. The smallest absolute Gasteiger partial charge is 0.226 e. The molecule has 0 aliphatic carbocycles. The first-order valence-electron chi connectivity index (χ1n) is 10.5. The zero-order valence-corrected chi connectivity index (χ0v) is 19.1. The number of amides is 1. The Bertz CT molecular complexity index is 889. The molecular weight excluding hydrogens is 400 g/mol. The lowest BCUT2D eigenvalue weighted by molar-refractivity contribution is -0.120. The monoisotopic (exact) mass is 432 g/mol. The Morgan fingerprint density at radius 2 is 2.13 bits per heavy atom. The van der Waals surface area contributed by atoms with Crippen LogP contribution in [0, 0.1) is 5.92 Å². The number of carbonyl (C=O) groups is 1. The second kappa shape index (κ2) is 9.75. The summed E-state index contributed by atoms with van der Waals surface area (Å²) in [7, 11) is 0. The van der Waals surface area contributed by atoms with Crippen molar-refractivity contribution in [2.45, 2.75) is 58.9 Å². The number of thiazole rings is 1. The summed E-state index contributed by atoms with van der Waals surface area (Å²) in [5.41, 5.74) is 3.08. The van der Waals surface area contributed by atoms with Gasteiger partial charge in [0.2, 0.25) is 5.91 Å². The van der Waals surface area contributed by atoms with E-state index in [1.165, 1.54) is 11.3 Å². The molecule has 2 aromatic heterocycles. The van der Waals surface area contributed by atoms with Crippen LogP contribution in [0.25, 0.3) is 16.1 Å². The fraction of sp³-hybridized carbons (Fsp3) is 0.591. The lowest BCUT2D eigenvalue weighted by atomic mass is 10.0. The van der Waals surface area contributed by atoms with Crippen LogP contribution < -0.4 is 5.32 Å². The van der Waals surface area contributed by atoms with Crippen LogP contribution in [-0.2, 0) is 21.5 Å². The number of nitrogens with zero attached hydrogens (tertiary/aromatic N) is 3. The minimum Gasteiger partial charge on any atom is -0.515 e. The highest BCUT2D eigenvalue weighted by molar-refractivity contribution is 7.13. The van der Waals surface area contributed by atoms with Crippen LogP contribution in [0.1, 0.15) is 58.3 Å². The highest BCUT2D eigenvalue weighted by atomic mass is 32.1. The second-order valence-corrected chi connectivity index (χ2v) is 9.54. The van der Waals surface area contributed by atoms with E-state index in [9.17, 15) is 9.90 Å². The van der Waals surface area contributed by atoms with Crippen LogP contribution >= 0.6 is 11.3 Å². The number of allylic oxidation sites excluding steroid dienone is 1. The van der Waals surface area contributed by atoms with E-state index in [-0.39, 0.29) is 17.9 Å². The van der Waals surface area contributed by atoms with Crippen LogP contribution in [0.5, 0.6) is 0 Å². The molecular formula is C22H32N4O3S. The van der Waals surface area contributed by atoms with Gasteiger partial charge in [-0.25, -0.2) is 4.98 Å². The van der Waals surface area contributed by atoms with Gasteiger partial charge in [0, 0.05) is 30.7 Å². The van der Waals surface area contributed by atoms with Crippen LogP contribution in [0.2, 0.25) is 0 Å². The first-order valence-corrected chi connectivity index (χ1v) is 11.4. The van der Waals surface area contributed by atoms with Gasteiger partial charge in [-0.3, -0.25) is 9.48 Å². The standard InChI is InChI=1S/C22H32N4O3S/c1-5-16(13-27)20-18(12-24-26(20)22(2,3)4)21-25-17(14-30-21)10-19(28)23-11-15-6-8-29-9-7-15/h12-15,27H,5-11H2,1-4H3,(H,23,28)/b16-13+. The van der Waals surface area contributed by atoms with Crippen molar-refractivity contribution >= 4 is 22.8 Å². The minimum atomic E-state index is -0.235. The van der Waals surface area contributed by atoms with E-state index in [2.05, 4.69) is 31.2 Å². The Kier molecular flexibility index (Phi) is 7.31. The van der Waals surface area contributed by atoms with Crippen LogP contribution in [0.4, 0.5) is 0 Å². The van der Waals surface area contributed by atoms with Crippen molar-refractivity contribution < 1.29 is 14.6 Å². The summed E-state index contributed by atoms with van der Waals surface area (Å²) in [6.45, 7) is 10.5. The normalized spacial score (nSPS) is 16.1. The summed E-state index contributed by atoms with van der Waals surface area (Å²) in [5, 5.41) is 20.1. The van der Waals surface area contributed by atoms with Crippen molar-refractivity contribution in [3.05, 3.63) is 29.2 Å². The Hall–Kier alpha value is -2.19. The molecule has 1 fully saturated rings. The molecule has 0 radical (unpaired) electrons. The number of hydrogen-bond donors (Lipinski definition) is 2. The van der Waals surface area contributed by atoms with E-state index < -0.39 is 0 Å². The predicted octanol–water partition coefficient (Wildman–Crippen LogP) is 4.16. The van der Waals surface area contributed by atoms with Gasteiger partial charge in [-0.05, 0) is 46.0 Å². The van der Waals surface area contributed by atoms with Gasteiger partial charge in [0.25, 0.3) is 0 Å².